The van der Waals surface area contributed by atoms with E-state index in [9.17, 15) is 9.59 Å². The Morgan fingerprint density at radius 1 is 1.03 bits per heavy atom. The molecular weight excluding hydrogens is 436 g/mol. The van der Waals surface area contributed by atoms with Crippen LogP contribution in [0.5, 0.6) is 0 Å². The summed E-state index contributed by atoms with van der Waals surface area (Å²) in [6.07, 6.45) is 1.47. The molecule has 0 aliphatic carbocycles. The zero-order chi connectivity index (χ0) is 22.5. The summed E-state index contributed by atoms with van der Waals surface area (Å²) < 4.78 is 0. The lowest BCUT2D eigenvalue weighted by atomic mass is 10.0. The Kier molecular flexibility index (Phi) is 8.09. The molecule has 3 aromatic rings. The van der Waals surface area contributed by atoms with Gasteiger partial charge in [-0.1, -0.05) is 42.5 Å². The maximum atomic E-state index is 13.3. The van der Waals surface area contributed by atoms with Gasteiger partial charge in [0.05, 0.1) is 0 Å². The van der Waals surface area contributed by atoms with E-state index in [2.05, 4.69) is 10.6 Å². The van der Waals surface area contributed by atoms with Crippen molar-refractivity contribution in [2.24, 2.45) is 5.73 Å². The second kappa shape index (κ2) is 11.0. The van der Waals surface area contributed by atoms with Gasteiger partial charge in [-0.25, -0.2) is 0 Å². The van der Waals surface area contributed by atoms with Crippen LogP contribution in [0.25, 0.3) is 0 Å². The third kappa shape index (κ3) is 5.72. The van der Waals surface area contributed by atoms with Crippen LogP contribution in [0, 0.1) is 6.92 Å². The number of halogens is 1. The molecule has 3 aromatic carbocycles. The maximum Gasteiger partial charge on any atom is 0.251 e. The van der Waals surface area contributed by atoms with Crippen LogP contribution in [0.3, 0.4) is 0 Å². The summed E-state index contributed by atoms with van der Waals surface area (Å²) in [5.41, 5.74) is 11.0. The molecule has 0 saturated carbocycles. The van der Waals surface area contributed by atoms with Gasteiger partial charge in [-0.2, -0.15) is 0 Å². The van der Waals surface area contributed by atoms with Crippen LogP contribution in [0.1, 0.15) is 35.6 Å². The Morgan fingerprint density at radius 2 is 1.82 bits per heavy atom. The predicted molar refractivity (Wildman–Crippen MR) is 136 cm³/mol. The van der Waals surface area contributed by atoms with Gasteiger partial charge in [0.15, 0.2) is 0 Å². The molecule has 4 N–H and O–H groups in total. The number of anilines is 3. The van der Waals surface area contributed by atoms with E-state index in [4.69, 9.17) is 5.73 Å². The number of benzene rings is 3. The van der Waals surface area contributed by atoms with Crippen molar-refractivity contribution in [1.82, 2.24) is 0 Å². The van der Waals surface area contributed by atoms with Gasteiger partial charge in [0.2, 0.25) is 5.91 Å². The first kappa shape index (κ1) is 24.3. The van der Waals surface area contributed by atoms with Crippen molar-refractivity contribution < 1.29 is 9.59 Å². The first-order chi connectivity index (χ1) is 15.5. The molecular formula is C26H29ClN4O2. The summed E-state index contributed by atoms with van der Waals surface area (Å²) in [4.78, 5) is 27.2. The highest BCUT2D eigenvalue weighted by atomic mass is 35.5. The molecule has 172 valence electrons. The van der Waals surface area contributed by atoms with Crippen molar-refractivity contribution >= 4 is 41.3 Å². The molecule has 2 amide bonds. The number of rotatable bonds is 7. The first-order valence-electron chi connectivity index (χ1n) is 10.9. The molecule has 4 rings (SSSR count). The number of amides is 2. The maximum absolute atomic E-state index is 13.3. The van der Waals surface area contributed by atoms with Gasteiger partial charge in [-0.3, -0.25) is 9.59 Å². The molecule has 1 saturated heterocycles. The molecule has 0 spiro atoms. The zero-order valence-electron chi connectivity index (χ0n) is 18.6. The summed E-state index contributed by atoms with van der Waals surface area (Å²) in [5.74, 6) is -0.0170. The van der Waals surface area contributed by atoms with Crippen LogP contribution in [0.2, 0.25) is 0 Å². The lowest BCUT2D eigenvalue weighted by Gasteiger charge is -2.22. The number of nitrogens with zero attached hydrogens (tertiary/aromatic N) is 1. The second-order valence-electron chi connectivity index (χ2n) is 8.03. The molecule has 0 aromatic heterocycles. The smallest absolute Gasteiger partial charge is 0.251 e. The highest BCUT2D eigenvalue weighted by Gasteiger charge is 2.24. The third-order valence-electron chi connectivity index (χ3n) is 5.70. The van der Waals surface area contributed by atoms with Gasteiger partial charge < -0.3 is 21.3 Å². The summed E-state index contributed by atoms with van der Waals surface area (Å²) >= 11 is 0. The molecule has 7 heteroatoms. The molecule has 1 atom stereocenters. The van der Waals surface area contributed by atoms with Crippen LogP contribution in [0.15, 0.2) is 72.8 Å². The summed E-state index contributed by atoms with van der Waals surface area (Å²) in [7, 11) is 0. The number of carbonyl (C=O) groups excluding carboxylic acids is 2. The Labute approximate surface area is 200 Å². The number of hydrogen-bond acceptors (Lipinski definition) is 4. The molecule has 1 aliphatic heterocycles. The van der Waals surface area contributed by atoms with Crippen LogP contribution >= 0.6 is 12.4 Å². The summed E-state index contributed by atoms with van der Waals surface area (Å²) in [6.45, 7) is 3.14. The fourth-order valence-electron chi connectivity index (χ4n) is 4.05. The van der Waals surface area contributed by atoms with Crippen LogP contribution in [0.4, 0.5) is 17.1 Å². The number of nitrogens with one attached hydrogen (secondary N) is 2. The molecule has 1 aliphatic rings. The molecule has 1 heterocycles. The highest BCUT2D eigenvalue weighted by Crippen LogP contribution is 2.28. The number of carbonyl (C=O) groups is 2. The third-order valence-corrected chi connectivity index (χ3v) is 5.70. The largest absolute Gasteiger partial charge is 0.370 e. The monoisotopic (exact) mass is 464 g/mol. The first-order valence-corrected chi connectivity index (χ1v) is 10.9. The molecule has 33 heavy (non-hydrogen) atoms. The van der Waals surface area contributed by atoms with Gasteiger partial charge in [-0.15, -0.1) is 12.4 Å². The summed E-state index contributed by atoms with van der Waals surface area (Å²) in [5, 5.41) is 6.38. The Morgan fingerprint density at radius 3 is 2.48 bits per heavy atom. The van der Waals surface area contributed by atoms with Crippen molar-refractivity contribution in [3.05, 3.63) is 89.5 Å². The minimum Gasteiger partial charge on any atom is -0.370 e. The average Bonchev–Trinajstić information content (AvgIpc) is 3.23. The van der Waals surface area contributed by atoms with Crippen LogP contribution in [-0.4, -0.2) is 18.4 Å². The Balaban J connectivity index is 0.00000306. The second-order valence-corrected chi connectivity index (χ2v) is 8.03. The van der Waals surface area contributed by atoms with Crippen molar-refractivity contribution in [3.63, 3.8) is 0 Å². The zero-order valence-corrected chi connectivity index (χ0v) is 19.4. The molecule has 0 radical (unpaired) electrons. The van der Waals surface area contributed by atoms with E-state index in [1.807, 2.05) is 84.6 Å². The molecule has 1 fully saturated rings. The molecule has 1 unspecified atom stereocenters. The van der Waals surface area contributed by atoms with Crippen molar-refractivity contribution in [2.75, 3.05) is 22.1 Å². The van der Waals surface area contributed by atoms with Crippen molar-refractivity contribution in [1.29, 1.82) is 0 Å². The lowest BCUT2D eigenvalue weighted by molar-refractivity contribution is -0.117. The minimum absolute atomic E-state index is 0. The van der Waals surface area contributed by atoms with Crippen molar-refractivity contribution in [2.45, 2.75) is 32.4 Å². The average molecular weight is 465 g/mol. The number of hydrogen-bond donors (Lipinski definition) is 3. The van der Waals surface area contributed by atoms with Gasteiger partial charge in [0, 0.05) is 36.6 Å². The Bertz CT molecular complexity index is 1120. The Hall–Kier alpha value is -3.35. The highest BCUT2D eigenvalue weighted by molar-refractivity contribution is 5.99. The van der Waals surface area contributed by atoms with Gasteiger partial charge in [0.25, 0.3) is 5.91 Å². The number of aryl methyl sites for hydroxylation is 1. The van der Waals surface area contributed by atoms with Crippen LogP contribution in [-0.2, 0) is 16.1 Å². The predicted octanol–water partition coefficient (Wildman–Crippen LogP) is 4.79. The van der Waals surface area contributed by atoms with E-state index in [1.165, 1.54) is 0 Å². The van der Waals surface area contributed by atoms with Gasteiger partial charge in [-0.05, 0) is 60.4 Å². The van der Waals surface area contributed by atoms with E-state index >= 15 is 0 Å². The minimum atomic E-state index is -0.579. The standard InChI is InChI=1S/C26H28N4O2.ClH/c1-18-15-22(12-13-23(18)30-14-6-11-24(30)31)29-26(32)25(20-8-3-2-4-9-20)28-21-10-5-7-19(16-21)17-27;/h2-5,7-10,12-13,15-16,25,28H,6,11,14,17,27H2,1H3,(H,29,32);1H. The fraction of sp³-hybridized carbons (Fsp3) is 0.231. The van der Waals surface area contributed by atoms with Crippen molar-refractivity contribution in [3.8, 4) is 0 Å². The lowest BCUT2D eigenvalue weighted by Crippen LogP contribution is -2.27. The summed E-state index contributed by atoms with van der Waals surface area (Å²) in [6, 6.07) is 22.5. The van der Waals surface area contributed by atoms with Crippen LogP contribution < -0.4 is 21.3 Å². The normalized spacial score (nSPS) is 13.9. The van der Waals surface area contributed by atoms with Gasteiger partial charge >= 0.3 is 0 Å². The van der Waals surface area contributed by atoms with Gasteiger partial charge in [0.1, 0.15) is 6.04 Å². The molecule has 0 bridgehead atoms. The van der Waals surface area contributed by atoms with E-state index in [-0.39, 0.29) is 24.2 Å². The van der Waals surface area contributed by atoms with E-state index in [1.54, 1.807) is 0 Å². The SMILES string of the molecule is Cc1cc(NC(=O)C(Nc2cccc(CN)c2)c2ccccc2)ccc1N1CCCC1=O.Cl. The quantitative estimate of drug-likeness (QED) is 0.469. The van der Waals surface area contributed by atoms with E-state index < -0.39 is 6.04 Å². The fourth-order valence-corrected chi connectivity index (χ4v) is 4.05. The number of nitrogens with two attached hydrogens (primary N) is 1. The van der Waals surface area contributed by atoms with E-state index in [0.717, 1.165) is 41.0 Å². The van der Waals surface area contributed by atoms with E-state index in [0.29, 0.717) is 18.7 Å². The topological polar surface area (TPSA) is 87.5 Å². The molecule has 6 nitrogen and oxygen atoms in total.